The summed E-state index contributed by atoms with van der Waals surface area (Å²) in [6.07, 6.45) is 0. The van der Waals surface area contributed by atoms with E-state index >= 15 is 0 Å². The number of benzene rings is 1. The van der Waals surface area contributed by atoms with Crippen LogP contribution in [0.4, 0.5) is 5.69 Å². The highest BCUT2D eigenvalue weighted by Gasteiger charge is 2.17. The van der Waals surface area contributed by atoms with Gasteiger partial charge in [0, 0.05) is 12.7 Å². The number of nitrogens with zero attached hydrogens (tertiary/aromatic N) is 1. The lowest BCUT2D eigenvalue weighted by molar-refractivity contribution is -0.134. The second-order valence-corrected chi connectivity index (χ2v) is 4.12. The first-order chi connectivity index (χ1) is 8.54. The lowest BCUT2D eigenvalue weighted by atomic mass is 10.3. The summed E-state index contributed by atoms with van der Waals surface area (Å²) < 4.78 is 0. The fourth-order valence-electron chi connectivity index (χ4n) is 1.47. The van der Waals surface area contributed by atoms with Crippen molar-refractivity contribution in [2.45, 2.75) is 13.0 Å². The van der Waals surface area contributed by atoms with Crippen molar-refractivity contribution in [3.63, 3.8) is 0 Å². The van der Waals surface area contributed by atoms with Gasteiger partial charge in [0.2, 0.25) is 11.8 Å². The lowest BCUT2D eigenvalue weighted by Crippen LogP contribution is -2.44. The van der Waals surface area contributed by atoms with E-state index in [9.17, 15) is 9.59 Å². The molecule has 0 aliphatic rings. The van der Waals surface area contributed by atoms with Gasteiger partial charge in [-0.1, -0.05) is 18.2 Å². The topological polar surface area (TPSA) is 61.4 Å². The SMILES string of the molecule is CNC(C)C(=O)N(C)CC(=O)Nc1ccccc1. The Morgan fingerprint density at radius 1 is 1.28 bits per heavy atom. The molecule has 0 saturated heterocycles. The number of hydrogen-bond acceptors (Lipinski definition) is 3. The largest absolute Gasteiger partial charge is 0.335 e. The van der Waals surface area contributed by atoms with E-state index in [1.807, 2.05) is 18.2 Å². The maximum Gasteiger partial charge on any atom is 0.243 e. The number of nitrogens with one attached hydrogen (secondary N) is 2. The minimum atomic E-state index is -0.292. The fourth-order valence-corrected chi connectivity index (χ4v) is 1.47. The van der Waals surface area contributed by atoms with Crippen molar-refractivity contribution in [2.24, 2.45) is 0 Å². The molecule has 1 aromatic carbocycles. The van der Waals surface area contributed by atoms with Crippen LogP contribution in [0.1, 0.15) is 6.92 Å². The van der Waals surface area contributed by atoms with Crippen molar-refractivity contribution in [2.75, 3.05) is 26.0 Å². The Labute approximate surface area is 107 Å². The van der Waals surface area contributed by atoms with Crippen molar-refractivity contribution in [1.29, 1.82) is 0 Å². The Bertz CT molecular complexity index is 406. The predicted molar refractivity (Wildman–Crippen MR) is 71.2 cm³/mol. The molecule has 0 radical (unpaired) electrons. The lowest BCUT2D eigenvalue weighted by Gasteiger charge is -2.20. The summed E-state index contributed by atoms with van der Waals surface area (Å²) in [4.78, 5) is 24.9. The average molecular weight is 249 g/mol. The molecule has 5 heteroatoms. The number of para-hydroxylation sites is 1. The van der Waals surface area contributed by atoms with Crippen LogP contribution in [-0.4, -0.2) is 43.4 Å². The summed E-state index contributed by atoms with van der Waals surface area (Å²) in [7, 11) is 3.32. The van der Waals surface area contributed by atoms with Crippen molar-refractivity contribution in [1.82, 2.24) is 10.2 Å². The van der Waals surface area contributed by atoms with Crippen LogP contribution in [0, 0.1) is 0 Å². The molecule has 5 nitrogen and oxygen atoms in total. The van der Waals surface area contributed by atoms with Gasteiger partial charge >= 0.3 is 0 Å². The molecule has 18 heavy (non-hydrogen) atoms. The second-order valence-electron chi connectivity index (χ2n) is 4.12. The Morgan fingerprint density at radius 3 is 2.44 bits per heavy atom. The minimum Gasteiger partial charge on any atom is -0.335 e. The van der Waals surface area contributed by atoms with Gasteiger partial charge in [0.1, 0.15) is 0 Å². The van der Waals surface area contributed by atoms with Crippen molar-refractivity contribution < 1.29 is 9.59 Å². The molecule has 1 unspecified atom stereocenters. The number of rotatable bonds is 5. The van der Waals surface area contributed by atoms with E-state index in [1.54, 1.807) is 33.2 Å². The van der Waals surface area contributed by atoms with Crippen LogP contribution in [-0.2, 0) is 9.59 Å². The van der Waals surface area contributed by atoms with Crippen molar-refractivity contribution in [3.8, 4) is 0 Å². The second kappa shape index (κ2) is 6.76. The first kappa shape index (κ1) is 14.2. The van der Waals surface area contributed by atoms with Gasteiger partial charge in [-0.05, 0) is 26.1 Å². The van der Waals surface area contributed by atoms with Gasteiger partial charge in [0.15, 0.2) is 0 Å². The molecule has 0 saturated carbocycles. The molecule has 0 spiro atoms. The van der Waals surface area contributed by atoms with E-state index in [-0.39, 0.29) is 24.4 Å². The molecular formula is C13H19N3O2. The summed E-state index contributed by atoms with van der Waals surface area (Å²) in [5.41, 5.74) is 0.727. The third-order valence-electron chi connectivity index (χ3n) is 2.62. The number of hydrogen-bond donors (Lipinski definition) is 2. The van der Waals surface area contributed by atoms with Crippen molar-refractivity contribution in [3.05, 3.63) is 30.3 Å². The van der Waals surface area contributed by atoms with Crippen LogP contribution in [0.2, 0.25) is 0 Å². The van der Waals surface area contributed by atoms with Crippen LogP contribution in [0.15, 0.2) is 30.3 Å². The number of amides is 2. The van der Waals surface area contributed by atoms with Gasteiger partial charge in [-0.25, -0.2) is 0 Å². The standard InChI is InChI=1S/C13H19N3O2/c1-10(14-2)13(18)16(3)9-12(17)15-11-7-5-4-6-8-11/h4-8,10,14H,9H2,1-3H3,(H,15,17). The van der Waals surface area contributed by atoms with Gasteiger partial charge in [0.25, 0.3) is 0 Å². The highest BCUT2D eigenvalue weighted by molar-refractivity contribution is 5.95. The van der Waals surface area contributed by atoms with Gasteiger partial charge in [-0.15, -0.1) is 0 Å². The third-order valence-corrected chi connectivity index (χ3v) is 2.62. The summed E-state index contributed by atoms with van der Waals surface area (Å²) in [6, 6.07) is 8.87. The Kier molecular flexibility index (Phi) is 5.32. The molecule has 0 aliphatic carbocycles. The molecule has 2 N–H and O–H groups in total. The van der Waals surface area contributed by atoms with E-state index in [2.05, 4.69) is 10.6 Å². The summed E-state index contributed by atoms with van der Waals surface area (Å²) in [5.74, 6) is -0.318. The van der Waals surface area contributed by atoms with Gasteiger partial charge < -0.3 is 15.5 Å². The van der Waals surface area contributed by atoms with Gasteiger partial charge in [-0.2, -0.15) is 0 Å². The van der Waals surface area contributed by atoms with Crippen LogP contribution >= 0.6 is 0 Å². The molecule has 98 valence electrons. The fraction of sp³-hybridized carbons (Fsp3) is 0.385. The molecule has 1 aromatic rings. The summed E-state index contributed by atoms with van der Waals surface area (Å²) in [6.45, 7) is 1.80. The zero-order chi connectivity index (χ0) is 13.5. The Hall–Kier alpha value is -1.88. The normalized spacial score (nSPS) is 11.7. The quantitative estimate of drug-likeness (QED) is 0.807. The smallest absolute Gasteiger partial charge is 0.243 e. The molecule has 0 fully saturated rings. The zero-order valence-electron chi connectivity index (χ0n) is 10.9. The van der Waals surface area contributed by atoms with Crippen LogP contribution in [0.5, 0.6) is 0 Å². The van der Waals surface area contributed by atoms with E-state index in [4.69, 9.17) is 0 Å². The highest BCUT2D eigenvalue weighted by atomic mass is 16.2. The number of likely N-dealkylation sites (N-methyl/N-ethyl adjacent to an activating group) is 2. The molecule has 1 rings (SSSR count). The average Bonchev–Trinajstić information content (AvgIpc) is 2.37. The van der Waals surface area contributed by atoms with E-state index in [0.29, 0.717) is 0 Å². The molecule has 0 aromatic heterocycles. The van der Waals surface area contributed by atoms with E-state index in [1.165, 1.54) is 4.90 Å². The summed E-state index contributed by atoms with van der Waals surface area (Å²) >= 11 is 0. The first-order valence-corrected chi connectivity index (χ1v) is 5.81. The number of carbonyl (C=O) groups excluding carboxylic acids is 2. The predicted octanol–water partition coefficient (Wildman–Crippen LogP) is 0.691. The molecule has 1 atom stereocenters. The summed E-state index contributed by atoms with van der Waals surface area (Å²) in [5, 5.41) is 5.58. The Morgan fingerprint density at radius 2 is 1.89 bits per heavy atom. The van der Waals surface area contributed by atoms with Gasteiger partial charge in [0.05, 0.1) is 12.6 Å². The van der Waals surface area contributed by atoms with Crippen LogP contribution in [0.25, 0.3) is 0 Å². The molecule has 2 amide bonds. The molecule has 0 heterocycles. The van der Waals surface area contributed by atoms with Crippen LogP contribution in [0.3, 0.4) is 0 Å². The maximum absolute atomic E-state index is 11.7. The Balaban J connectivity index is 2.48. The maximum atomic E-state index is 11.7. The van der Waals surface area contributed by atoms with E-state index < -0.39 is 0 Å². The van der Waals surface area contributed by atoms with Crippen LogP contribution < -0.4 is 10.6 Å². The molecule has 0 aliphatic heterocycles. The number of anilines is 1. The van der Waals surface area contributed by atoms with E-state index in [0.717, 1.165) is 5.69 Å². The highest BCUT2D eigenvalue weighted by Crippen LogP contribution is 2.04. The van der Waals surface area contributed by atoms with Gasteiger partial charge in [-0.3, -0.25) is 9.59 Å². The third kappa shape index (κ3) is 4.18. The number of carbonyl (C=O) groups is 2. The molecule has 0 bridgehead atoms. The zero-order valence-corrected chi connectivity index (χ0v) is 10.9. The molecular weight excluding hydrogens is 230 g/mol. The van der Waals surface area contributed by atoms with Crippen molar-refractivity contribution >= 4 is 17.5 Å². The first-order valence-electron chi connectivity index (χ1n) is 5.81. The monoisotopic (exact) mass is 249 g/mol. The minimum absolute atomic E-state index is 0.0414.